The zero-order chi connectivity index (χ0) is 18.8. The normalized spacial score (nSPS) is 16.1. The summed E-state index contributed by atoms with van der Waals surface area (Å²) >= 11 is -1.02. The minimum atomic E-state index is -1.02. The second-order valence-electron chi connectivity index (χ2n) is 6.29. The summed E-state index contributed by atoms with van der Waals surface area (Å²) in [7, 11) is 0. The topological polar surface area (TPSA) is 80.6 Å². The Morgan fingerprint density at radius 1 is 1.15 bits per heavy atom. The molecule has 0 saturated carbocycles. The number of rotatable bonds is 5. The first-order valence-corrected chi connectivity index (χ1v) is 9.78. The lowest BCUT2D eigenvalue weighted by Crippen LogP contribution is -1.97. The Bertz CT molecular complexity index is 908. The number of fused-ring (bicyclic) bond motifs is 1. The van der Waals surface area contributed by atoms with Gasteiger partial charge in [-0.1, -0.05) is 12.1 Å². The smallest absolute Gasteiger partial charge is 0.307 e. The molecule has 2 aromatic rings. The van der Waals surface area contributed by atoms with Crippen LogP contribution in [0.5, 0.6) is 0 Å². The molecular weight excluding hydrogens is 348 g/mol. The zero-order valence-corrected chi connectivity index (χ0v) is 15.5. The van der Waals surface area contributed by atoms with E-state index < -0.39 is 17.1 Å². The van der Waals surface area contributed by atoms with Gasteiger partial charge in [-0.25, -0.2) is 0 Å². The summed E-state index contributed by atoms with van der Waals surface area (Å²) in [5.74, 6) is -0.879. The van der Waals surface area contributed by atoms with Gasteiger partial charge in [0.25, 0.3) is 0 Å². The van der Waals surface area contributed by atoms with Crippen LogP contribution in [0.15, 0.2) is 52.9 Å². The highest BCUT2D eigenvalue weighted by Crippen LogP contribution is 2.44. The lowest BCUT2D eigenvalue weighted by Gasteiger charge is -2.07. The Labute approximate surface area is 155 Å². The highest BCUT2D eigenvalue weighted by Gasteiger charge is 2.25. The van der Waals surface area contributed by atoms with Crippen LogP contribution < -0.4 is 0 Å². The minimum absolute atomic E-state index is 0.0567. The largest absolute Gasteiger partial charge is 0.612 e. The van der Waals surface area contributed by atoms with Gasteiger partial charge < -0.3 is 14.8 Å². The van der Waals surface area contributed by atoms with Gasteiger partial charge in [-0.3, -0.25) is 4.79 Å². The first-order valence-electron chi connectivity index (χ1n) is 8.22. The highest BCUT2D eigenvalue weighted by atomic mass is 32.2. The maximum absolute atomic E-state index is 11.5. The van der Waals surface area contributed by atoms with E-state index in [9.17, 15) is 19.6 Å². The molecule has 2 aromatic carbocycles. The van der Waals surface area contributed by atoms with Crippen LogP contribution in [0, 0.1) is 0 Å². The second kappa shape index (κ2) is 7.50. The van der Waals surface area contributed by atoms with Crippen molar-refractivity contribution in [2.75, 3.05) is 6.26 Å². The molecule has 0 spiro atoms. The number of allylic oxidation sites excluding steroid dienone is 2. The molecule has 1 aliphatic carbocycles. The molecule has 1 aliphatic rings. The summed E-state index contributed by atoms with van der Waals surface area (Å²) in [6.07, 6.45) is 3.60. The van der Waals surface area contributed by atoms with Gasteiger partial charge in [0, 0.05) is 0 Å². The molecule has 0 fully saturated rings. The molecule has 0 heterocycles. The van der Waals surface area contributed by atoms with Gasteiger partial charge in [-0.05, 0) is 93.5 Å². The average Bonchev–Trinajstić information content (AvgIpc) is 2.87. The Morgan fingerprint density at radius 2 is 1.85 bits per heavy atom. The molecule has 5 heteroatoms. The molecule has 134 valence electrons. The van der Waals surface area contributed by atoms with E-state index in [4.69, 9.17) is 0 Å². The van der Waals surface area contributed by atoms with Crippen molar-refractivity contribution >= 4 is 34.4 Å². The summed E-state index contributed by atoms with van der Waals surface area (Å²) in [4.78, 5) is 12.1. The second-order valence-corrected chi connectivity index (χ2v) is 7.67. The van der Waals surface area contributed by atoms with E-state index in [1.165, 1.54) is 0 Å². The van der Waals surface area contributed by atoms with Crippen LogP contribution in [-0.2, 0) is 22.6 Å². The van der Waals surface area contributed by atoms with E-state index in [0.29, 0.717) is 0 Å². The van der Waals surface area contributed by atoms with Crippen molar-refractivity contribution in [2.24, 2.45) is 0 Å². The maximum atomic E-state index is 11.5. The molecule has 0 aliphatic heterocycles. The van der Waals surface area contributed by atoms with E-state index in [0.717, 1.165) is 43.9 Å². The highest BCUT2D eigenvalue weighted by molar-refractivity contribution is 7.90. The molecule has 0 amide bonds. The molecule has 0 aromatic heterocycles. The Morgan fingerprint density at radius 3 is 2.42 bits per heavy atom. The number of carboxylic acids is 1. The van der Waals surface area contributed by atoms with Crippen molar-refractivity contribution < 1.29 is 19.6 Å². The van der Waals surface area contributed by atoms with Crippen LogP contribution in [-0.4, -0.2) is 27.0 Å². The van der Waals surface area contributed by atoms with E-state index in [2.05, 4.69) is 0 Å². The molecule has 4 nitrogen and oxygen atoms in total. The Kier molecular flexibility index (Phi) is 5.32. The summed E-state index contributed by atoms with van der Waals surface area (Å²) in [6.45, 7) is 1.85. The van der Waals surface area contributed by atoms with Crippen LogP contribution in [0.2, 0.25) is 0 Å². The molecule has 0 bridgehead atoms. The molecule has 1 unspecified atom stereocenters. The van der Waals surface area contributed by atoms with Gasteiger partial charge >= 0.3 is 5.97 Å². The van der Waals surface area contributed by atoms with Gasteiger partial charge in [-0.2, -0.15) is 0 Å². The van der Waals surface area contributed by atoms with E-state index in [1.54, 1.807) is 6.26 Å². The summed E-state index contributed by atoms with van der Waals surface area (Å²) in [5, 5.41) is 18.7. The standard InChI is InChI=1S/C21H20O4S/c1-13-18(9-14-3-6-16(7-4-14)26(2)25)17-8-5-15(12-22)10-20(17)19(13)11-21(23)24/h3-10,22H,11-12H2,1-2H3,(H,23,24)/b18-9-. The van der Waals surface area contributed by atoms with Crippen molar-refractivity contribution in [3.8, 4) is 0 Å². The van der Waals surface area contributed by atoms with Crippen LogP contribution in [0.25, 0.3) is 17.2 Å². The lowest BCUT2D eigenvalue weighted by atomic mass is 9.99. The maximum Gasteiger partial charge on any atom is 0.307 e. The summed E-state index contributed by atoms with van der Waals surface area (Å²) in [5.41, 5.74) is 6.25. The SMILES string of the molecule is CC1=C(CC(=O)O)c2cc(CO)ccc2/C1=C\c1ccc([S+](C)[O-])cc1. The zero-order valence-electron chi connectivity index (χ0n) is 14.7. The Hall–Kier alpha value is -2.34. The van der Waals surface area contributed by atoms with Gasteiger partial charge in [-0.15, -0.1) is 0 Å². The quantitative estimate of drug-likeness (QED) is 0.788. The van der Waals surface area contributed by atoms with Crippen molar-refractivity contribution in [1.29, 1.82) is 0 Å². The van der Waals surface area contributed by atoms with Crippen LogP contribution in [0.1, 0.15) is 35.6 Å². The molecule has 3 rings (SSSR count). The number of carbonyl (C=O) groups is 1. The fourth-order valence-corrected chi connectivity index (χ4v) is 3.75. The first kappa shape index (κ1) is 18.5. The monoisotopic (exact) mass is 368 g/mol. The third-order valence-electron chi connectivity index (χ3n) is 4.59. The first-order chi connectivity index (χ1) is 12.4. The number of benzene rings is 2. The van der Waals surface area contributed by atoms with Crippen LogP contribution >= 0.6 is 0 Å². The third-order valence-corrected chi connectivity index (χ3v) is 5.53. The predicted molar refractivity (Wildman–Crippen MR) is 104 cm³/mol. The molecule has 1 atom stereocenters. The third kappa shape index (κ3) is 3.60. The van der Waals surface area contributed by atoms with E-state index in [-0.39, 0.29) is 13.0 Å². The van der Waals surface area contributed by atoms with E-state index in [1.807, 2.05) is 55.5 Å². The number of carboxylic acid groups (broad SMARTS) is 1. The van der Waals surface area contributed by atoms with Crippen molar-refractivity contribution in [3.63, 3.8) is 0 Å². The average molecular weight is 368 g/mol. The van der Waals surface area contributed by atoms with Gasteiger partial charge in [0.2, 0.25) is 0 Å². The summed E-state index contributed by atoms with van der Waals surface area (Å²) in [6, 6.07) is 13.1. The number of aliphatic carboxylic acids is 1. The van der Waals surface area contributed by atoms with Crippen molar-refractivity contribution in [1.82, 2.24) is 0 Å². The van der Waals surface area contributed by atoms with Gasteiger partial charge in [0.1, 0.15) is 6.26 Å². The molecular formula is C21H20O4S. The predicted octanol–water partition coefficient (Wildman–Crippen LogP) is 3.72. The number of hydrogen-bond donors (Lipinski definition) is 2. The summed E-state index contributed by atoms with van der Waals surface area (Å²) < 4.78 is 11.5. The molecule has 0 saturated heterocycles. The van der Waals surface area contributed by atoms with Crippen molar-refractivity contribution in [2.45, 2.75) is 24.8 Å². The fraction of sp³-hybridized carbons (Fsp3) is 0.190. The minimum Gasteiger partial charge on any atom is -0.612 e. The number of aliphatic hydroxyl groups is 1. The lowest BCUT2D eigenvalue weighted by molar-refractivity contribution is -0.135. The van der Waals surface area contributed by atoms with E-state index >= 15 is 0 Å². The molecule has 2 N–H and O–H groups in total. The van der Waals surface area contributed by atoms with Gasteiger partial charge in [0.15, 0.2) is 4.90 Å². The van der Waals surface area contributed by atoms with Crippen LogP contribution in [0.4, 0.5) is 0 Å². The van der Waals surface area contributed by atoms with Crippen molar-refractivity contribution in [3.05, 3.63) is 70.3 Å². The Balaban J connectivity index is 2.09. The van der Waals surface area contributed by atoms with Crippen LogP contribution in [0.3, 0.4) is 0 Å². The number of aliphatic hydroxyl groups excluding tert-OH is 1. The molecule has 26 heavy (non-hydrogen) atoms. The molecule has 0 radical (unpaired) electrons. The number of hydrogen-bond acceptors (Lipinski definition) is 3. The van der Waals surface area contributed by atoms with Gasteiger partial charge in [0.05, 0.1) is 13.0 Å². The fourth-order valence-electron chi connectivity index (χ4n) is 3.23.